The van der Waals surface area contributed by atoms with Gasteiger partial charge in [0, 0.05) is 25.7 Å². The Morgan fingerprint density at radius 3 is 2.72 bits per heavy atom. The molecule has 6 heteroatoms. The molecule has 1 N–H and O–H groups in total. The van der Waals surface area contributed by atoms with Gasteiger partial charge >= 0.3 is 0 Å². The molecular formula is C12H12Cl2N2O2. The average Bonchev–Trinajstić information content (AvgIpc) is 2.67. The first-order valence-corrected chi connectivity index (χ1v) is 6.30. The molecule has 96 valence electrons. The SMILES string of the molecule is CNC(=O)c1ccc(N2CC(Cl)CC2=O)cc1Cl. The summed E-state index contributed by atoms with van der Waals surface area (Å²) in [6.07, 6.45) is 0.330. The fourth-order valence-corrected chi connectivity index (χ4v) is 2.43. The second-order valence-corrected chi connectivity index (χ2v) is 5.07. The average molecular weight is 287 g/mol. The van der Waals surface area contributed by atoms with Gasteiger partial charge in [-0.1, -0.05) is 11.6 Å². The number of nitrogens with zero attached hydrogens (tertiary/aromatic N) is 1. The lowest BCUT2D eigenvalue weighted by Gasteiger charge is -2.16. The Morgan fingerprint density at radius 1 is 1.50 bits per heavy atom. The van der Waals surface area contributed by atoms with Crippen LogP contribution in [0.1, 0.15) is 16.8 Å². The summed E-state index contributed by atoms with van der Waals surface area (Å²) in [6.45, 7) is 0.468. The van der Waals surface area contributed by atoms with Gasteiger partial charge in [-0.2, -0.15) is 0 Å². The summed E-state index contributed by atoms with van der Waals surface area (Å²) in [5.41, 5.74) is 1.05. The van der Waals surface area contributed by atoms with Crippen LogP contribution in [0.15, 0.2) is 18.2 Å². The van der Waals surface area contributed by atoms with E-state index in [0.29, 0.717) is 29.2 Å². The van der Waals surface area contributed by atoms with Crippen molar-refractivity contribution in [2.75, 3.05) is 18.5 Å². The monoisotopic (exact) mass is 286 g/mol. The summed E-state index contributed by atoms with van der Waals surface area (Å²) in [5, 5.41) is 2.65. The third-order valence-electron chi connectivity index (χ3n) is 2.81. The highest BCUT2D eigenvalue weighted by Gasteiger charge is 2.29. The molecule has 0 radical (unpaired) electrons. The van der Waals surface area contributed by atoms with Crippen LogP contribution in [0.4, 0.5) is 5.69 Å². The van der Waals surface area contributed by atoms with Crippen molar-refractivity contribution in [1.29, 1.82) is 0 Å². The van der Waals surface area contributed by atoms with Crippen molar-refractivity contribution >= 4 is 40.7 Å². The molecule has 0 aromatic heterocycles. The number of carbonyl (C=O) groups excluding carboxylic acids is 2. The van der Waals surface area contributed by atoms with E-state index in [0.717, 1.165) is 0 Å². The molecule has 1 aromatic rings. The standard InChI is InChI=1S/C12H12Cl2N2O2/c1-15-12(18)9-3-2-8(5-10(9)14)16-6-7(13)4-11(16)17/h2-3,5,7H,4,6H2,1H3,(H,15,18). The van der Waals surface area contributed by atoms with E-state index in [-0.39, 0.29) is 17.2 Å². The van der Waals surface area contributed by atoms with Gasteiger partial charge in [0.2, 0.25) is 5.91 Å². The van der Waals surface area contributed by atoms with E-state index in [1.807, 2.05) is 0 Å². The van der Waals surface area contributed by atoms with Crippen LogP contribution in [-0.2, 0) is 4.79 Å². The first-order valence-electron chi connectivity index (χ1n) is 5.49. The number of alkyl halides is 1. The minimum Gasteiger partial charge on any atom is -0.355 e. The van der Waals surface area contributed by atoms with Crippen molar-refractivity contribution in [3.8, 4) is 0 Å². The summed E-state index contributed by atoms with van der Waals surface area (Å²) in [6, 6.07) is 4.91. The molecule has 0 aliphatic carbocycles. The zero-order chi connectivity index (χ0) is 13.3. The highest BCUT2D eigenvalue weighted by molar-refractivity contribution is 6.34. The number of rotatable bonds is 2. The lowest BCUT2D eigenvalue weighted by molar-refractivity contribution is -0.117. The number of hydrogen-bond acceptors (Lipinski definition) is 2. The molecule has 0 spiro atoms. The molecule has 0 bridgehead atoms. The van der Waals surface area contributed by atoms with Crippen LogP contribution in [0.5, 0.6) is 0 Å². The lowest BCUT2D eigenvalue weighted by Crippen LogP contribution is -2.25. The van der Waals surface area contributed by atoms with E-state index in [4.69, 9.17) is 23.2 Å². The quantitative estimate of drug-likeness (QED) is 0.846. The van der Waals surface area contributed by atoms with Crippen LogP contribution in [0.25, 0.3) is 0 Å². The van der Waals surface area contributed by atoms with E-state index in [9.17, 15) is 9.59 Å². The molecule has 2 rings (SSSR count). The van der Waals surface area contributed by atoms with Crippen molar-refractivity contribution in [2.45, 2.75) is 11.8 Å². The molecule has 4 nitrogen and oxygen atoms in total. The molecule has 2 amide bonds. The molecule has 18 heavy (non-hydrogen) atoms. The third kappa shape index (κ3) is 2.44. The van der Waals surface area contributed by atoms with Gasteiger partial charge in [0.1, 0.15) is 0 Å². The Morgan fingerprint density at radius 2 is 2.22 bits per heavy atom. The highest BCUT2D eigenvalue weighted by Crippen LogP contribution is 2.28. The zero-order valence-corrected chi connectivity index (χ0v) is 11.3. The maximum absolute atomic E-state index is 11.7. The Balaban J connectivity index is 2.29. The van der Waals surface area contributed by atoms with E-state index in [1.54, 1.807) is 23.1 Å². The molecule has 1 saturated heterocycles. The molecule has 1 atom stereocenters. The lowest BCUT2D eigenvalue weighted by atomic mass is 10.2. The van der Waals surface area contributed by atoms with E-state index < -0.39 is 0 Å². The van der Waals surface area contributed by atoms with Gasteiger partial charge < -0.3 is 10.2 Å². The van der Waals surface area contributed by atoms with Gasteiger partial charge in [-0.05, 0) is 18.2 Å². The summed E-state index contributed by atoms with van der Waals surface area (Å²) in [5.74, 6) is -0.284. The van der Waals surface area contributed by atoms with Crippen LogP contribution in [-0.4, -0.2) is 30.8 Å². The number of hydrogen-bond donors (Lipinski definition) is 1. The predicted molar refractivity (Wildman–Crippen MR) is 71.5 cm³/mol. The zero-order valence-electron chi connectivity index (χ0n) is 9.74. The van der Waals surface area contributed by atoms with Gasteiger partial charge in [-0.3, -0.25) is 9.59 Å². The first-order chi connectivity index (χ1) is 8.52. The van der Waals surface area contributed by atoms with E-state index in [2.05, 4.69) is 5.32 Å². The van der Waals surface area contributed by atoms with Gasteiger partial charge in [0.15, 0.2) is 0 Å². The second-order valence-electron chi connectivity index (χ2n) is 4.05. The number of nitrogens with one attached hydrogen (secondary N) is 1. The largest absolute Gasteiger partial charge is 0.355 e. The Hall–Kier alpha value is -1.26. The number of anilines is 1. The fourth-order valence-electron chi connectivity index (χ4n) is 1.90. The minimum absolute atomic E-state index is 0.0289. The Kier molecular flexibility index (Phi) is 3.78. The van der Waals surface area contributed by atoms with Crippen molar-refractivity contribution in [1.82, 2.24) is 5.32 Å². The van der Waals surface area contributed by atoms with Gasteiger partial charge in [0.05, 0.1) is 16.0 Å². The Labute approximate surface area is 115 Å². The van der Waals surface area contributed by atoms with Crippen LogP contribution >= 0.6 is 23.2 Å². The van der Waals surface area contributed by atoms with Crippen molar-refractivity contribution in [3.05, 3.63) is 28.8 Å². The third-order valence-corrected chi connectivity index (χ3v) is 3.42. The fraction of sp³-hybridized carbons (Fsp3) is 0.333. The van der Waals surface area contributed by atoms with Crippen molar-refractivity contribution in [3.63, 3.8) is 0 Å². The summed E-state index contributed by atoms with van der Waals surface area (Å²) >= 11 is 12.0. The molecule has 1 aliphatic heterocycles. The van der Waals surface area contributed by atoms with Crippen molar-refractivity contribution in [2.24, 2.45) is 0 Å². The van der Waals surface area contributed by atoms with E-state index in [1.165, 1.54) is 7.05 Å². The molecule has 1 unspecified atom stereocenters. The van der Waals surface area contributed by atoms with Crippen LogP contribution < -0.4 is 10.2 Å². The van der Waals surface area contributed by atoms with E-state index >= 15 is 0 Å². The second kappa shape index (κ2) is 5.16. The normalized spacial score (nSPS) is 19.2. The summed E-state index contributed by atoms with van der Waals surface area (Å²) in [4.78, 5) is 24.8. The van der Waals surface area contributed by atoms with Crippen LogP contribution in [0.3, 0.4) is 0 Å². The van der Waals surface area contributed by atoms with Crippen molar-refractivity contribution < 1.29 is 9.59 Å². The van der Waals surface area contributed by atoms with Gasteiger partial charge in [-0.15, -0.1) is 11.6 Å². The maximum atomic E-state index is 11.7. The molecule has 1 fully saturated rings. The number of benzene rings is 1. The molecular weight excluding hydrogens is 275 g/mol. The Bertz CT molecular complexity index is 505. The molecule has 1 aromatic carbocycles. The van der Waals surface area contributed by atoms with Gasteiger partial charge in [-0.25, -0.2) is 0 Å². The summed E-state index contributed by atoms with van der Waals surface area (Å²) < 4.78 is 0. The van der Waals surface area contributed by atoms with Gasteiger partial charge in [0.25, 0.3) is 5.91 Å². The summed E-state index contributed by atoms with van der Waals surface area (Å²) in [7, 11) is 1.54. The predicted octanol–water partition coefficient (Wildman–Crippen LogP) is 2.04. The smallest absolute Gasteiger partial charge is 0.252 e. The highest BCUT2D eigenvalue weighted by atomic mass is 35.5. The molecule has 0 saturated carbocycles. The topological polar surface area (TPSA) is 49.4 Å². The maximum Gasteiger partial charge on any atom is 0.252 e. The number of amides is 2. The number of halogens is 2. The minimum atomic E-state index is -0.255. The van der Waals surface area contributed by atoms with Crippen LogP contribution in [0, 0.1) is 0 Å². The van der Waals surface area contributed by atoms with Crippen LogP contribution in [0.2, 0.25) is 5.02 Å². The molecule has 1 aliphatic rings. The molecule has 1 heterocycles. The number of carbonyl (C=O) groups is 2. The first kappa shape index (κ1) is 13.2.